The van der Waals surface area contributed by atoms with Crippen LogP contribution < -0.4 is 11.1 Å². The summed E-state index contributed by atoms with van der Waals surface area (Å²) in [5.41, 5.74) is 8.04. The maximum Gasteiger partial charge on any atom is 0.149 e. The van der Waals surface area contributed by atoms with Crippen LogP contribution in [-0.2, 0) is 0 Å². The highest BCUT2D eigenvalue weighted by molar-refractivity contribution is 9.10. The summed E-state index contributed by atoms with van der Waals surface area (Å²) in [5.74, 6) is -1.31. The van der Waals surface area contributed by atoms with E-state index in [1.54, 1.807) is 12.1 Å². The molecule has 2 aromatic carbocycles. The number of nitrogen functional groups attached to an aromatic ring is 1. The van der Waals surface area contributed by atoms with E-state index in [-0.39, 0.29) is 10.2 Å². The van der Waals surface area contributed by atoms with Gasteiger partial charge < -0.3 is 11.1 Å². The van der Waals surface area contributed by atoms with Crippen LogP contribution in [0.5, 0.6) is 0 Å². The summed E-state index contributed by atoms with van der Waals surface area (Å²) < 4.78 is 26.9. The van der Waals surface area contributed by atoms with Gasteiger partial charge in [0, 0.05) is 6.07 Å². The predicted octanol–water partition coefficient (Wildman–Crippen LogP) is 4.36. The first-order chi connectivity index (χ1) is 8.47. The minimum absolute atomic E-state index is 0.167. The smallest absolute Gasteiger partial charge is 0.149 e. The molecule has 0 bridgehead atoms. The van der Waals surface area contributed by atoms with Crippen molar-refractivity contribution in [2.24, 2.45) is 0 Å². The lowest BCUT2D eigenvalue weighted by Gasteiger charge is -2.11. The minimum atomic E-state index is -0.670. The first-order valence-electron chi connectivity index (χ1n) is 5.25. The molecule has 0 aliphatic rings. The van der Waals surface area contributed by atoms with Crippen LogP contribution in [-0.4, -0.2) is 0 Å². The molecule has 0 aliphatic carbocycles. The number of benzene rings is 2. The second kappa shape index (κ2) is 4.94. The average Bonchev–Trinajstić information content (AvgIpc) is 2.30. The summed E-state index contributed by atoms with van der Waals surface area (Å²) >= 11 is 3.01. The van der Waals surface area contributed by atoms with E-state index in [9.17, 15) is 8.78 Å². The lowest BCUT2D eigenvalue weighted by Crippen LogP contribution is -1.99. The Morgan fingerprint density at radius 3 is 2.50 bits per heavy atom. The van der Waals surface area contributed by atoms with Crippen LogP contribution in [0.3, 0.4) is 0 Å². The van der Waals surface area contributed by atoms with Gasteiger partial charge in [-0.1, -0.05) is 6.07 Å². The van der Waals surface area contributed by atoms with Crippen LogP contribution in [0.1, 0.15) is 5.56 Å². The second-order valence-electron chi connectivity index (χ2n) is 3.96. The Bertz CT molecular complexity index is 600. The van der Waals surface area contributed by atoms with Gasteiger partial charge in [-0.15, -0.1) is 0 Å². The standard InChI is InChI=1S/C13H11BrF2N2/c1-7-2-3-11(17)13(4-7)18-12-5-8(14)9(15)6-10(12)16/h2-6,18H,17H2,1H3. The summed E-state index contributed by atoms with van der Waals surface area (Å²) in [4.78, 5) is 0. The summed E-state index contributed by atoms with van der Waals surface area (Å²) in [7, 11) is 0. The van der Waals surface area contributed by atoms with Gasteiger partial charge in [0.1, 0.15) is 11.6 Å². The molecule has 5 heteroatoms. The molecule has 0 aliphatic heterocycles. The molecule has 0 atom stereocenters. The topological polar surface area (TPSA) is 38.0 Å². The normalized spacial score (nSPS) is 10.4. The molecule has 2 aromatic rings. The lowest BCUT2D eigenvalue weighted by atomic mass is 10.2. The van der Waals surface area contributed by atoms with E-state index in [0.717, 1.165) is 11.6 Å². The Kier molecular flexibility index (Phi) is 3.52. The number of hydrogen-bond donors (Lipinski definition) is 2. The first-order valence-corrected chi connectivity index (χ1v) is 6.04. The average molecular weight is 313 g/mol. The molecule has 0 fully saturated rings. The molecule has 0 unspecified atom stereocenters. The highest BCUT2D eigenvalue weighted by atomic mass is 79.9. The van der Waals surface area contributed by atoms with E-state index in [1.165, 1.54) is 6.07 Å². The number of nitrogens with one attached hydrogen (secondary N) is 1. The van der Waals surface area contributed by atoms with Crippen molar-refractivity contribution in [3.63, 3.8) is 0 Å². The largest absolute Gasteiger partial charge is 0.397 e. The fourth-order valence-electron chi connectivity index (χ4n) is 1.54. The fraction of sp³-hybridized carbons (Fsp3) is 0.0769. The highest BCUT2D eigenvalue weighted by Crippen LogP contribution is 2.29. The van der Waals surface area contributed by atoms with Gasteiger partial charge in [0.15, 0.2) is 0 Å². The molecule has 0 saturated heterocycles. The van der Waals surface area contributed by atoms with Gasteiger partial charge in [-0.2, -0.15) is 0 Å². The van der Waals surface area contributed by atoms with E-state index < -0.39 is 11.6 Å². The zero-order valence-corrected chi connectivity index (χ0v) is 11.2. The van der Waals surface area contributed by atoms with Crippen molar-refractivity contribution in [2.75, 3.05) is 11.1 Å². The Labute approximate surface area is 112 Å². The number of aryl methyl sites for hydroxylation is 1. The van der Waals surface area contributed by atoms with E-state index in [2.05, 4.69) is 21.2 Å². The van der Waals surface area contributed by atoms with Gasteiger partial charge in [-0.3, -0.25) is 0 Å². The van der Waals surface area contributed by atoms with Crippen LogP contribution in [0.25, 0.3) is 0 Å². The third kappa shape index (κ3) is 2.61. The molecule has 0 spiro atoms. The van der Waals surface area contributed by atoms with Crippen LogP contribution in [0.4, 0.5) is 25.8 Å². The molecule has 3 N–H and O–H groups in total. The zero-order chi connectivity index (χ0) is 13.3. The maximum absolute atomic E-state index is 13.6. The quantitative estimate of drug-likeness (QED) is 0.638. The Balaban J connectivity index is 2.40. The van der Waals surface area contributed by atoms with Gasteiger partial charge in [-0.05, 0) is 46.6 Å². The maximum atomic E-state index is 13.6. The predicted molar refractivity (Wildman–Crippen MR) is 72.9 cm³/mol. The summed E-state index contributed by atoms with van der Waals surface area (Å²) in [6.45, 7) is 1.90. The molecule has 0 heterocycles. The first kappa shape index (κ1) is 12.8. The SMILES string of the molecule is Cc1ccc(N)c(Nc2cc(Br)c(F)cc2F)c1. The van der Waals surface area contributed by atoms with Crippen LogP contribution in [0.15, 0.2) is 34.8 Å². The van der Waals surface area contributed by atoms with Crippen molar-refractivity contribution in [3.8, 4) is 0 Å². The Morgan fingerprint density at radius 2 is 1.78 bits per heavy atom. The summed E-state index contributed by atoms with van der Waals surface area (Å²) in [5, 5.41) is 2.85. The van der Waals surface area contributed by atoms with E-state index >= 15 is 0 Å². The molecule has 18 heavy (non-hydrogen) atoms. The zero-order valence-electron chi connectivity index (χ0n) is 9.60. The number of hydrogen-bond acceptors (Lipinski definition) is 2. The number of nitrogens with two attached hydrogens (primary N) is 1. The molecule has 0 saturated carbocycles. The molecule has 0 aromatic heterocycles. The van der Waals surface area contributed by atoms with E-state index in [4.69, 9.17) is 5.73 Å². The molecule has 2 nitrogen and oxygen atoms in total. The van der Waals surface area contributed by atoms with Crippen molar-refractivity contribution in [1.29, 1.82) is 0 Å². The van der Waals surface area contributed by atoms with Crippen molar-refractivity contribution < 1.29 is 8.78 Å². The molecular weight excluding hydrogens is 302 g/mol. The molecule has 2 rings (SSSR count). The number of halogens is 3. The van der Waals surface area contributed by atoms with Crippen LogP contribution in [0.2, 0.25) is 0 Å². The van der Waals surface area contributed by atoms with Crippen molar-refractivity contribution in [3.05, 3.63) is 52.0 Å². The highest BCUT2D eigenvalue weighted by Gasteiger charge is 2.09. The number of anilines is 3. The minimum Gasteiger partial charge on any atom is -0.397 e. The Hall–Kier alpha value is -1.62. The van der Waals surface area contributed by atoms with E-state index in [0.29, 0.717) is 11.4 Å². The number of rotatable bonds is 2. The van der Waals surface area contributed by atoms with Crippen molar-refractivity contribution >= 4 is 33.0 Å². The van der Waals surface area contributed by atoms with Gasteiger partial charge in [-0.25, -0.2) is 8.78 Å². The molecule has 0 radical (unpaired) electrons. The van der Waals surface area contributed by atoms with Gasteiger partial charge in [0.25, 0.3) is 0 Å². The summed E-state index contributed by atoms with van der Waals surface area (Å²) in [6.07, 6.45) is 0. The van der Waals surface area contributed by atoms with Crippen molar-refractivity contribution in [1.82, 2.24) is 0 Å². The van der Waals surface area contributed by atoms with Gasteiger partial charge in [0.05, 0.1) is 21.5 Å². The van der Waals surface area contributed by atoms with Crippen molar-refractivity contribution in [2.45, 2.75) is 6.92 Å². The molecule has 94 valence electrons. The summed E-state index contributed by atoms with van der Waals surface area (Å²) in [6, 6.07) is 7.54. The third-order valence-corrected chi connectivity index (χ3v) is 3.10. The van der Waals surface area contributed by atoms with Gasteiger partial charge >= 0.3 is 0 Å². The second-order valence-corrected chi connectivity index (χ2v) is 4.82. The van der Waals surface area contributed by atoms with Crippen LogP contribution >= 0.6 is 15.9 Å². The fourth-order valence-corrected chi connectivity index (χ4v) is 1.89. The third-order valence-electron chi connectivity index (χ3n) is 2.49. The molecular formula is C13H11BrF2N2. The van der Waals surface area contributed by atoms with Crippen LogP contribution in [0, 0.1) is 18.6 Å². The molecule has 0 amide bonds. The lowest BCUT2D eigenvalue weighted by molar-refractivity contribution is 0.581. The monoisotopic (exact) mass is 312 g/mol. The van der Waals surface area contributed by atoms with Gasteiger partial charge in [0.2, 0.25) is 0 Å². The van der Waals surface area contributed by atoms with E-state index in [1.807, 2.05) is 13.0 Å². The Morgan fingerprint density at radius 1 is 1.06 bits per heavy atom.